The maximum atomic E-state index is 12.2. The van der Waals surface area contributed by atoms with Crippen molar-refractivity contribution in [3.63, 3.8) is 0 Å². The zero-order valence-electron chi connectivity index (χ0n) is 12.7. The number of anilines is 1. The molecular formula is C18H21NO2. The van der Waals surface area contributed by atoms with Crippen LogP contribution in [0, 0.1) is 5.41 Å². The van der Waals surface area contributed by atoms with Gasteiger partial charge < -0.3 is 10.1 Å². The molecule has 3 heteroatoms. The third-order valence-corrected chi connectivity index (χ3v) is 3.65. The highest BCUT2D eigenvalue weighted by atomic mass is 16.5. The molecule has 0 aromatic heterocycles. The standard InChI is InChI=1S/C18H21NO2/c1-18(2,17(20)21-3)16(14-10-6-4-7-11-14)19-15-12-8-5-9-13-15/h4-13,16,19H,1-3H3. The van der Waals surface area contributed by atoms with Crippen molar-refractivity contribution in [3.05, 3.63) is 66.2 Å². The van der Waals surface area contributed by atoms with Crippen LogP contribution in [0.15, 0.2) is 60.7 Å². The molecule has 0 amide bonds. The minimum atomic E-state index is -0.689. The van der Waals surface area contributed by atoms with Crippen LogP contribution in [0.4, 0.5) is 5.69 Å². The van der Waals surface area contributed by atoms with E-state index in [1.807, 2.05) is 74.5 Å². The fourth-order valence-corrected chi connectivity index (χ4v) is 2.41. The molecule has 0 heterocycles. The van der Waals surface area contributed by atoms with Crippen molar-refractivity contribution in [3.8, 4) is 0 Å². The SMILES string of the molecule is COC(=O)C(C)(C)C(Nc1ccccc1)c1ccccc1. The first-order chi connectivity index (χ1) is 10.1. The summed E-state index contributed by atoms with van der Waals surface area (Å²) in [7, 11) is 1.43. The summed E-state index contributed by atoms with van der Waals surface area (Å²) in [5.74, 6) is -0.236. The molecule has 21 heavy (non-hydrogen) atoms. The average molecular weight is 283 g/mol. The van der Waals surface area contributed by atoms with Crippen molar-refractivity contribution in [1.29, 1.82) is 0 Å². The molecule has 0 fully saturated rings. The minimum absolute atomic E-state index is 0.173. The summed E-state index contributed by atoms with van der Waals surface area (Å²) in [6.45, 7) is 3.79. The fourth-order valence-electron chi connectivity index (χ4n) is 2.41. The molecule has 1 unspecified atom stereocenters. The topological polar surface area (TPSA) is 38.3 Å². The molecule has 1 N–H and O–H groups in total. The summed E-state index contributed by atoms with van der Waals surface area (Å²) < 4.78 is 4.98. The molecule has 0 radical (unpaired) electrons. The van der Waals surface area contributed by atoms with Gasteiger partial charge in [0.1, 0.15) is 0 Å². The molecule has 110 valence electrons. The summed E-state index contributed by atoms with van der Waals surface area (Å²) in [4.78, 5) is 12.2. The molecule has 3 nitrogen and oxygen atoms in total. The van der Waals surface area contributed by atoms with Gasteiger partial charge in [0.25, 0.3) is 0 Å². The van der Waals surface area contributed by atoms with Gasteiger partial charge in [-0.2, -0.15) is 0 Å². The van der Waals surface area contributed by atoms with E-state index in [9.17, 15) is 4.79 Å². The number of methoxy groups -OCH3 is 1. The maximum absolute atomic E-state index is 12.2. The van der Waals surface area contributed by atoms with Crippen molar-refractivity contribution in [2.24, 2.45) is 5.41 Å². The summed E-state index contributed by atoms with van der Waals surface area (Å²) in [5.41, 5.74) is 1.34. The van der Waals surface area contributed by atoms with E-state index in [-0.39, 0.29) is 12.0 Å². The Labute approximate surface area is 126 Å². The normalized spacial score (nSPS) is 12.5. The van der Waals surface area contributed by atoms with Gasteiger partial charge in [0.05, 0.1) is 18.6 Å². The average Bonchev–Trinajstić information content (AvgIpc) is 2.53. The molecule has 0 aliphatic rings. The van der Waals surface area contributed by atoms with Gasteiger partial charge in [0, 0.05) is 5.69 Å². The largest absolute Gasteiger partial charge is 0.469 e. The van der Waals surface area contributed by atoms with Crippen molar-refractivity contribution in [1.82, 2.24) is 0 Å². The van der Waals surface area contributed by atoms with Crippen molar-refractivity contribution < 1.29 is 9.53 Å². The van der Waals surface area contributed by atoms with Crippen LogP contribution >= 0.6 is 0 Å². The van der Waals surface area contributed by atoms with Crippen LogP contribution in [0.5, 0.6) is 0 Å². The molecule has 2 aromatic rings. The second kappa shape index (κ2) is 6.44. The van der Waals surface area contributed by atoms with E-state index in [0.717, 1.165) is 11.3 Å². The Morgan fingerprint density at radius 3 is 2.05 bits per heavy atom. The first-order valence-electron chi connectivity index (χ1n) is 7.00. The number of nitrogens with one attached hydrogen (secondary N) is 1. The molecule has 0 aliphatic carbocycles. The van der Waals surface area contributed by atoms with E-state index in [1.54, 1.807) is 0 Å². The third-order valence-electron chi connectivity index (χ3n) is 3.65. The van der Waals surface area contributed by atoms with Crippen LogP contribution < -0.4 is 5.32 Å². The fraction of sp³-hybridized carbons (Fsp3) is 0.278. The Morgan fingerprint density at radius 1 is 1.00 bits per heavy atom. The summed E-state index contributed by atoms with van der Waals surface area (Å²) in [5, 5.41) is 3.45. The molecule has 0 spiro atoms. The molecule has 0 saturated heterocycles. The third kappa shape index (κ3) is 3.43. The molecule has 0 saturated carbocycles. The van der Waals surface area contributed by atoms with E-state index in [4.69, 9.17) is 4.74 Å². The predicted octanol–water partition coefficient (Wildman–Crippen LogP) is 4.04. The van der Waals surface area contributed by atoms with Gasteiger partial charge in [0.2, 0.25) is 0 Å². The Hall–Kier alpha value is -2.29. The summed E-state index contributed by atoms with van der Waals surface area (Å²) >= 11 is 0. The van der Waals surface area contributed by atoms with E-state index >= 15 is 0 Å². The van der Waals surface area contributed by atoms with Gasteiger partial charge in [-0.1, -0.05) is 48.5 Å². The minimum Gasteiger partial charge on any atom is -0.469 e. The first kappa shape index (κ1) is 15.1. The lowest BCUT2D eigenvalue weighted by molar-refractivity contribution is -0.151. The van der Waals surface area contributed by atoms with E-state index in [1.165, 1.54) is 7.11 Å². The Bertz CT molecular complexity index is 579. The first-order valence-corrected chi connectivity index (χ1v) is 7.00. The number of rotatable bonds is 5. The Morgan fingerprint density at radius 2 is 1.52 bits per heavy atom. The van der Waals surface area contributed by atoms with Crippen LogP contribution in [0.25, 0.3) is 0 Å². The van der Waals surface area contributed by atoms with Crippen LogP contribution in [-0.2, 0) is 9.53 Å². The van der Waals surface area contributed by atoms with Gasteiger partial charge in [0.15, 0.2) is 0 Å². The lowest BCUT2D eigenvalue weighted by Crippen LogP contribution is -2.36. The van der Waals surface area contributed by atoms with Gasteiger partial charge in [-0.25, -0.2) is 0 Å². The van der Waals surface area contributed by atoms with Crippen molar-refractivity contribution in [2.45, 2.75) is 19.9 Å². The molecule has 0 aliphatic heterocycles. The van der Waals surface area contributed by atoms with Crippen LogP contribution in [-0.4, -0.2) is 13.1 Å². The zero-order valence-corrected chi connectivity index (χ0v) is 12.7. The Kier molecular flexibility index (Phi) is 4.63. The highest BCUT2D eigenvalue weighted by molar-refractivity contribution is 5.78. The second-order valence-electron chi connectivity index (χ2n) is 5.57. The highest BCUT2D eigenvalue weighted by Gasteiger charge is 2.39. The number of carbonyl (C=O) groups is 1. The van der Waals surface area contributed by atoms with Gasteiger partial charge in [-0.15, -0.1) is 0 Å². The van der Waals surface area contributed by atoms with Crippen molar-refractivity contribution >= 4 is 11.7 Å². The molecular weight excluding hydrogens is 262 g/mol. The van der Waals surface area contributed by atoms with Gasteiger partial charge >= 0.3 is 5.97 Å². The van der Waals surface area contributed by atoms with E-state index < -0.39 is 5.41 Å². The van der Waals surface area contributed by atoms with E-state index in [2.05, 4.69) is 5.32 Å². The smallest absolute Gasteiger partial charge is 0.313 e. The number of esters is 1. The van der Waals surface area contributed by atoms with E-state index in [0.29, 0.717) is 0 Å². The molecule has 1 atom stereocenters. The monoisotopic (exact) mass is 283 g/mol. The molecule has 2 aromatic carbocycles. The molecule has 0 bridgehead atoms. The number of benzene rings is 2. The number of para-hydroxylation sites is 1. The van der Waals surface area contributed by atoms with Crippen molar-refractivity contribution in [2.75, 3.05) is 12.4 Å². The lowest BCUT2D eigenvalue weighted by Gasteiger charge is -2.33. The Balaban J connectivity index is 2.38. The quantitative estimate of drug-likeness (QED) is 0.842. The van der Waals surface area contributed by atoms with Crippen LogP contribution in [0.3, 0.4) is 0 Å². The van der Waals surface area contributed by atoms with Gasteiger partial charge in [-0.05, 0) is 31.5 Å². The number of hydrogen-bond acceptors (Lipinski definition) is 3. The number of carbonyl (C=O) groups excluding carboxylic acids is 1. The summed E-state index contributed by atoms with van der Waals surface area (Å²) in [6, 6.07) is 19.7. The highest BCUT2D eigenvalue weighted by Crippen LogP contribution is 2.37. The van der Waals surface area contributed by atoms with Crippen LogP contribution in [0.2, 0.25) is 0 Å². The zero-order chi connectivity index (χ0) is 15.3. The molecule has 2 rings (SSSR count). The van der Waals surface area contributed by atoms with Crippen LogP contribution in [0.1, 0.15) is 25.5 Å². The number of ether oxygens (including phenoxy) is 1. The maximum Gasteiger partial charge on any atom is 0.313 e. The summed E-state index contributed by atoms with van der Waals surface area (Å²) in [6.07, 6.45) is 0. The predicted molar refractivity (Wildman–Crippen MR) is 85.0 cm³/mol. The second-order valence-corrected chi connectivity index (χ2v) is 5.57. The number of hydrogen-bond donors (Lipinski definition) is 1. The van der Waals surface area contributed by atoms with Gasteiger partial charge in [-0.3, -0.25) is 4.79 Å². The lowest BCUT2D eigenvalue weighted by atomic mass is 9.80.